The normalized spacial score (nSPS) is 12.1. The Morgan fingerprint density at radius 1 is 1.37 bits per heavy atom. The van der Waals surface area contributed by atoms with E-state index >= 15 is 0 Å². The highest BCUT2D eigenvalue weighted by molar-refractivity contribution is 9.10. The number of hydrogen-bond donors (Lipinski definition) is 2. The maximum Gasteiger partial charge on any atom is 0.243 e. The number of nitrogen functional groups attached to an aromatic ring is 1. The standard InChI is InChI=1S/C12H18BrFN2O2S/c1-3-8(4-2)7-16-19(17,18)11-6-9(15)5-10(13)12(11)14/h5-6,8,16H,3-4,7,15H2,1-2H3. The van der Waals surface area contributed by atoms with Crippen LogP contribution in [-0.2, 0) is 10.0 Å². The van der Waals surface area contributed by atoms with E-state index in [2.05, 4.69) is 20.7 Å². The molecule has 1 aromatic rings. The van der Waals surface area contributed by atoms with E-state index in [0.717, 1.165) is 18.9 Å². The van der Waals surface area contributed by atoms with Gasteiger partial charge in [-0.2, -0.15) is 0 Å². The summed E-state index contributed by atoms with van der Waals surface area (Å²) >= 11 is 2.95. The monoisotopic (exact) mass is 352 g/mol. The van der Waals surface area contributed by atoms with Crippen molar-refractivity contribution in [1.29, 1.82) is 0 Å². The number of nitrogens with one attached hydrogen (secondary N) is 1. The molecule has 3 N–H and O–H groups in total. The van der Waals surface area contributed by atoms with E-state index in [4.69, 9.17) is 5.73 Å². The Bertz CT molecular complexity index is 545. The van der Waals surface area contributed by atoms with Crippen LogP contribution in [0.1, 0.15) is 26.7 Å². The fourth-order valence-corrected chi connectivity index (χ4v) is 3.52. The molecule has 0 atom stereocenters. The summed E-state index contributed by atoms with van der Waals surface area (Å²) in [6.45, 7) is 4.27. The predicted octanol–water partition coefficient (Wildman–Crippen LogP) is 2.88. The van der Waals surface area contributed by atoms with Gasteiger partial charge in [0.05, 0.1) is 4.47 Å². The van der Waals surface area contributed by atoms with Gasteiger partial charge in [0.1, 0.15) is 4.90 Å². The Kier molecular flexibility index (Phi) is 5.76. The summed E-state index contributed by atoms with van der Waals surface area (Å²) in [5, 5.41) is 0. The van der Waals surface area contributed by atoms with Crippen molar-refractivity contribution >= 4 is 31.6 Å². The summed E-state index contributed by atoms with van der Waals surface area (Å²) in [6.07, 6.45) is 1.73. The molecule has 1 rings (SSSR count). The average molecular weight is 353 g/mol. The van der Waals surface area contributed by atoms with Crippen molar-refractivity contribution in [1.82, 2.24) is 4.72 Å². The van der Waals surface area contributed by atoms with Crippen molar-refractivity contribution in [2.45, 2.75) is 31.6 Å². The molecule has 108 valence electrons. The van der Waals surface area contributed by atoms with Gasteiger partial charge >= 0.3 is 0 Å². The molecule has 0 aromatic heterocycles. The summed E-state index contributed by atoms with van der Waals surface area (Å²) in [5.74, 6) is -0.589. The Morgan fingerprint density at radius 3 is 2.47 bits per heavy atom. The first-order valence-electron chi connectivity index (χ1n) is 6.06. The smallest absolute Gasteiger partial charge is 0.243 e. The summed E-state index contributed by atoms with van der Waals surface area (Å²) in [5.41, 5.74) is 5.74. The van der Waals surface area contributed by atoms with Gasteiger partial charge in [-0.25, -0.2) is 17.5 Å². The van der Waals surface area contributed by atoms with Crippen molar-refractivity contribution in [3.63, 3.8) is 0 Å². The molecule has 0 spiro atoms. The zero-order valence-corrected chi connectivity index (χ0v) is 13.3. The molecule has 0 heterocycles. The molecule has 19 heavy (non-hydrogen) atoms. The van der Waals surface area contributed by atoms with Crippen LogP contribution in [-0.4, -0.2) is 15.0 Å². The summed E-state index contributed by atoms with van der Waals surface area (Å²) in [7, 11) is -3.89. The van der Waals surface area contributed by atoms with Crippen LogP contribution in [0.2, 0.25) is 0 Å². The number of hydrogen-bond acceptors (Lipinski definition) is 3. The van der Waals surface area contributed by atoms with Gasteiger partial charge in [-0.1, -0.05) is 26.7 Å². The zero-order valence-electron chi connectivity index (χ0n) is 10.9. The highest BCUT2D eigenvalue weighted by atomic mass is 79.9. The van der Waals surface area contributed by atoms with Gasteiger partial charge in [0.15, 0.2) is 5.82 Å². The largest absolute Gasteiger partial charge is 0.399 e. The predicted molar refractivity (Wildman–Crippen MR) is 77.8 cm³/mol. The molecule has 7 heteroatoms. The van der Waals surface area contributed by atoms with Crippen LogP contribution in [0.25, 0.3) is 0 Å². The lowest BCUT2D eigenvalue weighted by Crippen LogP contribution is -2.29. The summed E-state index contributed by atoms with van der Waals surface area (Å²) in [6, 6.07) is 2.45. The SMILES string of the molecule is CCC(CC)CNS(=O)(=O)c1cc(N)cc(Br)c1F. The molecular formula is C12H18BrFN2O2S. The van der Waals surface area contributed by atoms with Crippen molar-refractivity contribution in [2.24, 2.45) is 5.92 Å². The maximum absolute atomic E-state index is 13.8. The van der Waals surface area contributed by atoms with E-state index in [-0.39, 0.29) is 16.1 Å². The molecule has 0 radical (unpaired) electrons. The van der Waals surface area contributed by atoms with E-state index in [1.54, 1.807) is 0 Å². The number of halogens is 2. The molecule has 0 aliphatic carbocycles. The lowest BCUT2D eigenvalue weighted by atomic mass is 10.0. The molecule has 0 fully saturated rings. The third-order valence-corrected chi connectivity index (χ3v) is 5.02. The Balaban J connectivity index is 3.01. The van der Waals surface area contributed by atoms with Crippen LogP contribution in [0.5, 0.6) is 0 Å². The van der Waals surface area contributed by atoms with Gasteiger partial charge in [0, 0.05) is 12.2 Å². The Labute approximate surface area is 121 Å². The number of benzene rings is 1. The average Bonchev–Trinajstić information content (AvgIpc) is 2.34. The van der Waals surface area contributed by atoms with Gasteiger partial charge in [0.25, 0.3) is 0 Å². The fourth-order valence-electron chi connectivity index (χ4n) is 1.66. The number of sulfonamides is 1. The van der Waals surface area contributed by atoms with Gasteiger partial charge in [-0.05, 0) is 34.0 Å². The zero-order chi connectivity index (χ0) is 14.6. The molecule has 0 saturated heterocycles. The molecule has 0 amide bonds. The second-order valence-corrected chi connectivity index (χ2v) is 6.94. The van der Waals surface area contributed by atoms with Crippen LogP contribution < -0.4 is 10.5 Å². The highest BCUT2D eigenvalue weighted by Crippen LogP contribution is 2.26. The first-order valence-corrected chi connectivity index (χ1v) is 8.33. The second-order valence-electron chi connectivity index (χ2n) is 4.35. The lowest BCUT2D eigenvalue weighted by molar-refractivity contribution is 0.477. The first kappa shape index (κ1) is 16.4. The molecule has 0 bridgehead atoms. The van der Waals surface area contributed by atoms with Crippen molar-refractivity contribution in [3.8, 4) is 0 Å². The number of rotatable bonds is 6. The summed E-state index contributed by atoms with van der Waals surface area (Å²) < 4.78 is 40.4. The first-order chi connectivity index (χ1) is 8.81. The molecule has 0 aliphatic rings. The number of nitrogens with two attached hydrogens (primary N) is 1. The maximum atomic E-state index is 13.8. The Hall–Kier alpha value is -0.660. The molecule has 0 aliphatic heterocycles. The van der Waals surface area contributed by atoms with Crippen LogP contribution >= 0.6 is 15.9 Å². The Morgan fingerprint density at radius 2 is 1.95 bits per heavy atom. The van der Waals surface area contributed by atoms with Crippen molar-refractivity contribution in [2.75, 3.05) is 12.3 Å². The minimum absolute atomic E-state index is 0.0374. The second kappa shape index (κ2) is 6.67. The number of anilines is 1. The van der Waals surface area contributed by atoms with Gasteiger partial charge in [-0.15, -0.1) is 0 Å². The summed E-state index contributed by atoms with van der Waals surface area (Å²) in [4.78, 5) is -0.426. The quantitative estimate of drug-likeness (QED) is 0.773. The lowest BCUT2D eigenvalue weighted by Gasteiger charge is -2.14. The van der Waals surface area contributed by atoms with E-state index in [0.29, 0.717) is 6.54 Å². The van der Waals surface area contributed by atoms with E-state index in [9.17, 15) is 12.8 Å². The molecule has 1 aromatic carbocycles. The molecular weight excluding hydrogens is 335 g/mol. The molecule has 0 unspecified atom stereocenters. The third kappa shape index (κ3) is 4.15. The fraction of sp³-hybridized carbons (Fsp3) is 0.500. The van der Waals surface area contributed by atoms with Crippen molar-refractivity contribution in [3.05, 3.63) is 22.4 Å². The van der Waals surface area contributed by atoms with Gasteiger partial charge in [0.2, 0.25) is 10.0 Å². The van der Waals surface area contributed by atoms with Crippen LogP contribution in [0.3, 0.4) is 0 Å². The molecule has 4 nitrogen and oxygen atoms in total. The van der Waals surface area contributed by atoms with E-state index in [1.807, 2.05) is 13.8 Å². The minimum atomic E-state index is -3.89. The van der Waals surface area contributed by atoms with Crippen LogP contribution in [0.4, 0.5) is 10.1 Å². The molecule has 0 saturated carbocycles. The van der Waals surface area contributed by atoms with Gasteiger partial charge < -0.3 is 5.73 Å². The highest BCUT2D eigenvalue weighted by Gasteiger charge is 2.22. The van der Waals surface area contributed by atoms with E-state index < -0.39 is 20.7 Å². The van der Waals surface area contributed by atoms with E-state index in [1.165, 1.54) is 6.07 Å². The third-order valence-electron chi connectivity index (χ3n) is 3.02. The van der Waals surface area contributed by atoms with Crippen LogP contribution in [0.15, 0.2) is 21.5 Å². The van der Waals surface area contributed by atoms with Crippen molar-refractivity contribution < 1.29 is 12.8 Å². The topological polar surface area (TPSA) is 72.2 Å². The van der Waals surface area contributed by atoms with Gasteiger partial charge in [-0.3, -0.25) is 0 Å². The van der Waals surface area contributed by atoms with Crippen LogP contribution in [0, 0.1) is 11.7 Å². The minimum Gasteiger partial charge on any atom is -0.399 e.